The number of halogens is 1. The van der Waals surface area contributed by atoms with E-state index in [0.717, 1.165) is 58.2 Å². The van der Waals surface area contributed by atoms with Crippen molar-refractivity contribution in [3.63, 3.8) is 0 Å². The summed E-state index contributed by atoms with van der Waals surface area (Å²) in [6.45, 7) is 15.2. The van der Waals surface area contributed by atoms with Crippen molar-refractivity contribution in [1.82, 2.24) is 10.2 Å². The molecule has 0 aliphatic carbocycles. The van der Waals surface area contributed by atoms with E-state index >= 15 is 0 Å². The van der Waals surface area contributed by atoms with Crippen molar-refractivity contribution < 1.29 is 9.47 Å². The highest BCUT2D eigenvalue weighted by molar-refractivity contribution is 14.0. The third-order valence-electron chi connectivity index (χ3n) is 6.16. The highest BCUT2D eigenvalue weighted by Crippen LogP contribution is 2.34. The second-order valence-corrected chi connectivity index (χ2v) is 9.86. The Bertz CT molecular complexity index is 662. The zero-order valence-corrected chi connectivity index (χ0v) is 22.1. The molecule has 0 amide bonds. The molecule has 1 N–H and O–H groups in total. The lowest BCUT2D eigenvalue weighted by atomic mass is 9.78. The van der Waals surface area contributed by atoms with Crippen LogP contribution in [-0.2, 0) is 16.1 Å². The van der Waals surface area contributed by atoms with Crippen LogP contribution in [0.1, 0.15) is 52.5 Å². The summed E-state index contributed by atoms with van der Waals surface area (Å²) in [5.74, 6) is 2.12. The van der Waals surface area contributed by atoms with E-state index in [1.54, 1.807) is 0 Å². The molecule has 6 heteroatoms. The van der Waals surface area contributed by atoms with Crippen LogP contribution in [0.15, 0.2) is 35.3 Å². The lowest BCUT2D eigenvalue weighted by molar-refractivity contribution is -0.0824. The Morgan fingerprint density at radius 2 is 2.00 bits per heavy atom. The molecule has 0 saturated carbocycles. The van der Waals surface area contributed by atoms with Gasteiger partial charge in [0.2, 0.25) is 0 Å². The number of aliphatic imine (C=N–C) groups is 1. The monoisotopic (exact) mass is 543 g/mol. The summed E-state index contributed by atoms with van der Waals surface area (Å²) in [7, 11) is 0. The van der Waals surface area contributed by atoms with Crippen molar-refractivity contribution in [2.75, 3.05) is 39.4 Å². The molecule has 176 valence electrons. The quantitative estimate of drug-likeness (QED) is 0.301. The van der Waals surface area contributed by atoms with Crippen molar-refractivity contribution >= 4 is 29.9 Å². The number of rotatable bonds is 7. The molecule has 0 bridgehead atoms. The molecule has 3 unspecified atom stereocenters. The molecule has 2 saturated heterocycles. The van der Waals surface area contributed by atoms with Crippen LogP contribution in [0.5, 0.6) is 0 Å². The van der Waals surface area contributed by atoms with Gasteiger partial charge in [-0.2, -0.15) is 0 Å². The average molecular weight is 544 g/mol. The molecule has 0 radical (unpaired) electrons. The highest BCUT2D eigenvalue weighted by atomic mass is 127. The predicted molar refractivity (Wildman–Crippen MR) is 139 cm³/mol. The molecule has 2 fully saturated rings. The molecule has 1 aromatic rings. The lowest BCUT2D eigenvalue weighted by Gasteiger charge is -2.39. The minimum absolute atomic E-state index is 0. The minimum Gasteiger partial charge on any atom is -0.377 e. The van der Waals surface area contributed by atoms with Gasteiger partial charge in [-0.25, -0.2) is 0 Å². The fourth-order valence-corrected chi connectivity index (χ4v) is 4.70. The zero-order valence-electron chi connectivity index (χ0n) is 19.8. The van der Waals surface area contributed by atoms with Gasteiger partial charge in [-0.3, -0.25) is 4.99 Å². The van der Waals surface area contributed by atoms with Gasteiger partial charge in [-0.15, -0.1) is 24.0 Å². The van der Waals surface area contributed by atoms with Crippen molar-refractivity contribution in [2.24, 2.45) is 22.2 Å². The Balaban J connectivity index is 0.00000341. The molecular weight excluding hydrogens is 501 g/mol. The van der Waals surface area contributed by atoms with E-state index in [0.29, 0.717) is 18.4 Å². The van der Waals surface area contributed by atoms with Crippen LogP contribution in [0.25, 0.3) is 0 Å². The van der Waals surface area contributed by atoms with Crippen LogP contribution in [0.4, 0.5) is 0 Å². The van der Waals surface area contributed by atoms with Gasteiger partial charge in [-0.1, -0.05) is 51.1 Å². The van der Waals surface area contributed by atoms with Crippen LogP contribution in [0, 0.1) is 17.3 Å². The highest BCUT2D eigenvalue weighted by Gasteiger charge is 2.35. The molecule has 1 aromatic carbocycles. The van der Waals surface area contributed by atoms with Gasteiger partial charge in [0.1, 0.15) is 0 Å². The number of ether oxygens (including phenoxy) is 2. The molecule has 31 heavy (non-hydrogen) atoms. The maximum absolute atomic E-state index is 6.15. The van der Waals surface area contributed by atoms with Crippen molar-refractivity contribution in [3.8, 4) is 0 Å². The number of nitrogens with one attached hydrogen (secondary N) is 1. The number of nitrogens with zero attached hydrogens (tertiary/aromatic N) is 2. The second kappa shape index (κ2) is 13.0. The van der Waals surface area contributed by atoms with Crippen LogP contribution in [0.2, 0.25) is 0 Å². The van der Waals surface area contributed by atoms with Crippen molar-refractivity contribution in [3.05, 3.63) is 35.9 Å². The van der Waals surface area contributed by atoms with Crippen molar-refractivity contribution in [2.45, 2.75) is 59.7 Å². The summed E-state index contributed by atoms with van der Waals surface area (Å²) in [6, 6.07) is 10.4. The molecule has 0 aromatic heterocycles. The molecule has 5 nitrogen and oxygen atoms in total. The zero-order chi connectivity index (χ0) is 21.4. The molecule has 3 atom stereocenters. The summed E-state index contributed by atoms with van der Waals surface area (Å²) < 4.78 is 12.1. The first kappa shape index (κ1) is 26.4. The van der Waals surface area contributed by atoms with Crippen LogP contribution in [0.3, 0.4) is 0 Å². The fourth-order valence-electron chi connectivity index (χ4n) is 4.70. The van der Waals surface area contributed by atoms with Gasteiger partial charge in [-0.05, 0) is 37.2 Å². The Kier molecular flexibility index (Phi) is 11.1. The number of likely N-dealkylation sites (tertiary alicyclic amines) is 1. The first-order chi connectivity index (χ1) is 14.5. The first-order valence-electron chi connectivity index (χ1n) is 11.7. The third kappa shape index (κ3) is 8.21. The topological polar surface area (TPSA) is 46.1 Å². The van der Waals surface area contributed by atoms with Gasteiger partial charge in [0, 0.05) is 44.6 Å². The number of hydrogen-bond donors (Lipinski definition) is 1. The molecular formula is C25H42IN3O2. The third-order valence-corrected chi connectivity index (χ3v) is 6.16. The normalized spacial score (nSPS) is 24.7. The predicted octanol–water partition coefficient (Wildman–Crippen LogP) is 4.95. The first-order valence-corrected chi connectivity index (χ1v) is 11.7. The van der Waals surface area contributed by atoms with Crippen LogP contribution < -0.4 is 5.32 Å². The Hall–Kier alpha value is -0.860. The fraction of sp³-hybridized carbons (Fsp3) is 0.720. The van der Waals surface area contributed by atoms with Crippen molar-refractivity contribution in [1.29, 1.82) is 0 Å². The smallest absolute Gasteiger partial charge is 0.193 e. The standard InChI is InChI=1S/C25H41N3O2.HI/c1-5-26-24(27-16-22-12-9-15-30-23(22)25(2,3)4)28-14-13-21(17-28)19-29-18-20-10-7-6-8-11-20;/h6-8,10-11,21-23H,5,9,12-19H2,1-4H3,(H,26,27);1H. The van der Waals surface area contributed by atoms with E-state index in [1.807, 2.05) is 6.07 Å². The maximum Gasteiger partial charge on any atom is 0.193 e. The van der Waals surface area contributed by atoms with E-state index in [2.05, 4.69) is 62.2 Å². The summed E-state index contributed by atoms with van der Waals surface area (Å²) in [5.41, 5.74) is 1.40. The molecule has 2 aliphatic heterocycles. The summed E-state index contributed by atoms with van der Waals surface area (Å²) >= 11 is 0. The second-order valence-electron chi connectivity index (χ2n) is 9.86. The minimum atomic E-state index is 0. The van der Waals surface area contributed by atoms with Gasteiger partial charge < -0.3 is 19.7 Å². The SMILES string of the molecule is CCNC(=NCC1CCCOC1C(C)(C)C)N1CCC(COCc2ccccc2)C1.I. The largest absolute Gasteiger partial charge is 0.377 e. The Labute approximate surface area is 206 Å². The molecule has 2 aliphatic rings. The van der Waals surface area contributed by atoms with Gasteiger partial charge in [0.15, 0.2) is 5.96 Å². The number of benzene rings is 1. The van der Waals surface area contributed by atoms with Gasteiger partial charge >= 0.3 is 0 Å². The van der Waals surface area contributed by atoms with E-state index in [4.69, 9.17) is 14.5 Å². The Morgan fingerprint density at radius 3 is 2.71 bits per heavy atom. The molecule has 2 heterocycles. The Morgan fingerprint density at radius 1 is 1.23 bits per heavy atom. The lowest BCUT2D eigenvalue weighted by Crippen LogP contribution is -2.43. The van der Waals surface area contributed by atoms with E-state index in [-0.39, 0.29) is 35.5 Å². The summed E-state index contributed by atoms with van der Waals surface area (Å²) in [6.07, 6.45) is 3.81. The number of hydrogen-bond acceptors (Lipinski definition) is 3. The van der Waals surface area contributed by atoms with Crippen LogP contribution in [-0.4, -0.2) is 56.4 Å². The summed E-state index contributed by atoms with van der Waals surface area (Å²) in [5, 5.41) is 3.51. The average Bonchev–Trinajstić information content (AvgIpc) is 3.20. The van der Waals surface area contributed by atoms with Crippen LogP contribution >= 0.6 is 24.0 Å². The number of guanidine groups is 1. The molecule has 3 rings (SSSR count). The molecule has 0 spiro atoms. The van der Waals surface area contributed by atoms with Gasteiger partial charge in [0.25, 0.3) is 0 Å². The van der Waals surface area contributed by atoms with E-state index < -0.39 is 0 Å². The summed E-state index contributed by atoms with van der Waals surface area (Å²) in [4.78, 5) is 7.47. The van der Waals surface area contributed by atoms with Gasteiger partial charge in [0.05, 0.1) is 19.3 Å². The van der Waals surface area contributed by atoms with E-state index in [9.17, 15) is 0 Å². The van der Waals surface area contributed by atoms with E-state index in [1.165, 1.54) is 12.0 Å². The maximum atomic E-state index is 6.15.